The zero-order valence-corrected chi connectivity index (χ0v) is 4.56. The molecule has 41 valence electrons. The molecule has 0 amide bonds. The van der Waals surface area contributed by atoms with E-state index >= 15 is 0 Å². The fourth-order valence-electron chi connectivity index (χ4n) is 0.0722. The summed E-state index contributed by atoms with van der Waals surface area (Å²) in [5, 5.41) is 8.71. The topological polar surface area (TPSA) is 37.3 Å². The molecule has 1 radical (unpaired) electrons. The van der Waals surface area contributed by atoms with Crippen molar-refractivity contribution in [1.29, 1.82) is 0 Å². The number of hydrogen-bond donors (Lipinski definition) is 1. The van der Waals surface area contributed by atoms with E-state index in [9.17, 15) is 4.79 Å². The highest BCUT2D eigenvalue weighted by Crippen LogP contribution is 2.01. The molecule has 0 heterocycles. The molecule has 0 rings (SSSR count). The van der Waals surface area contributed by atoms with Crippen molar-refractivity contribution >= 4 is 6.29 Å². The minimum Gasteiger partial charge on any atom is -0.382 e. The first kappa shape index (κ1) is 6.63. The molecule has 0 spiro atoms. The Hall–Kier alpha value is -0.370. The summed E-state index contributed by atoms with van der Waals surface area (Å²) in [6, 6.07) is 0. The molecule has 0 fully saturated rings. The highest BCUT2D eigenvalue weighted by Gasteiger charge is 2.15. The largest absolute Gasteiger partial charge is 0.382 e. The number of rotatable bonds is 2. The normalized spacial score (nSPS) is 18.1. The molecule has 1 atom stereocenters. The van der Waals surface area contributed by atoms with E-state index in [-0.39, 0.29) is 0 Å². The Bertz CT molecular complexity index is 66.5. The van der Waals surface area contributed by atoms with Crippen molar-refractivity contribution in [3.8, 4) is 0 Å². The van der Waals surface area contributed by atoms with E-state index in [0.717, 1.165) is 0 Å². The van der Waals surface area contributed by atoms with Crippen LogP contribution in [-0.4, -0.2) is 17.0 Å². The van der Waals surface area contributed by atoms with E-state index in [0.29, 0.717) is 6.42 Å². The standard InChI is InChI=1S/C5H9O2/c1-3-5(2,7)4-6/h7H,3H2,1-2H3/t5-/m1/s1. The Kier molecular flexibility index (Phi) is 1.96. The Morgan fingerprint density at radius 3 is 2.29 bits per heavy atom. The van der Waals surface area contributed by atoms with Crippen molar-refractivity contribution in [1.82, 2.24) is 0 Å². The molecular weight excluding hydrogens is 92.1 g/mol. The lowest BCUT2D eigenvalue weighted by molar-refractivity contribution is 0.124. The van der Waals surface area contributed by atoms with Gasteiger partial charge in [-0.05, 0) is 13.3 Å². The number of aliphatic hydroxyl groups is 1. The van der Waals surface area contributed by atoms with E-state index in [1.165, 1.54) is 13.2 Å². The second-order valence-electron chi connectivity index (χ2n) is 1.73. The number of carbonyl (C=O) groups excluding carboxylic acids is 1. The van der Waals surface area contributed by atoms with Crippen LogP contribution in [0.4, 0.5) is 0 Å². The van der Waals surface area contributed by atoms with E-state index in [2.05, 4.69) is 0 Å². The molecule has 0 saturated heterocycles. The van der Waals surface area contributed by atoms with Gasteiger partial charge in [0.05, 0.1) is 0 Å². The van der Waals surface area contributed by atoms with E-state index in [1.807, 2.05) is 0 Å². The third-order valence-electron chi connectivity index (χ3n) is 0.908. The zero-order chi connectivity index (χ0) is 5.91. The van der Waals surface area contributed by atoms with Crippen LogP contribution in [0.5, 0.6) is 0 Å². The van der Waals surface area contributed by atoms with Gasteiger partial charge in [-0.2, -0.15) is 0 Å². The minimum atomic E-state index is -1.22. The Balaban J connectivity index is 3.58. The molecule has 0 bridgehead atoms. The van der Waals surface area contributed by atoms with Gasteiger partial charge in [0, 0.05) is 0 Å². The van der Waals surface area contributed by atoms with Gasteiger partial charge < -0.3 is 5.11 Å². The smallest absolute Gasteiger partial charge is 0.232 e. The van der Waals surface area contributed by atoms with E-state index in [4.69, 9.17) is 5.11 Å². The predicted octanol–water partition coefficient (Wildman–Crippen LogP) is 0.257. The molecule has 0 aliphatic rings. The highest BCUT2D eigenvalue weighted by molar-refractivity contribution is 5.61. The van der Waals surface area contributed by atoms with E-state index < -0.39 is 5.60 Å². The SMILES string of the molecule is CC[C@@](C)(O)[C]=O. The van der Waals surface area contributed by atoms with Crippen LogP contribution in [0.1, 0.15) is 20.3 Å². The molecular formula is C5H9O2. The van der Waals surface area contributed by atoms with Crippen LogP contribution in [0.25, 0.3) is 0 Å². The highest BCUT2D eigenvalue weighted by atomic mass is 16.3. The molecule has 0 aromatic heterocycles. The van der Waals surface area contributed by atoms with Crippen LogP contribution in [-0.2, 0) is 4.79 Å². The molecule has 0 saturated carbocycles. The maximum atomic E-state index is 9.68. The molecule has 2 heteroatoms. The fraction of sp³-hybridized carbons (Fsp3) is 0.800. The molecule has 7 heavy (non-hydrogen) atoms. The Morgan fingerprint density at radius 1 is 1.86 bits per heavy atom. The first-order valence-corrected chi connectivity index (χ1v) is 2.24. The summed E-state index contributed by atoms with van der Waals surface area (Å²) in [7, 11) is 0. The van der Waals surface area contributed by atoms with Gasteiger partial charge in [0.15, 0.2) is 0 Å². The van der Waals surface area contributed by atoms with Gasteiger partial charge in [-0.3, -0.25) is 4.79 Å². The van der Waals surface area contributed by atoms with Crippen molar-refractivity contribution in [2.45, 2.75) is 25.9 Å². The monoisotopic (exact) mass is 101 g/mol. The van der Waals surface area contributed by atoms with Gasteiger partial charge in [0.25, 0.3) is 0 Å². The van der Waals surface area contributed by atoms with Gasteiger partial charge in [-0.15, -0.1) is 0 Å². The maximum Gasteiger partial charge on any atom is 0.232 e. The van der Waals surface area contributed by atoms with Gasteiger partial charge >= 0.3 is 0 Å². The molecule has 2 nitrogen and oxygen atoms in total. The predicted molar refractivity (Wildman–Crippen MR) is 26.6 cm³/mol. The van der Waals surface area contributed by atoms with Gasteiger partial charge in [-0.25, -0.2) is 0 Å². The van der Waals surface area contributed by atoms with Gasteiger partial charge in [0.1, 0.15) is 5.60 Å². The van der Waals surface area contributed by atoms with E-state index in [1.54, 1.807) is 6.92 Å². The molecule has 0 aliphatic carbocycles. The lowest BCUT2D eigenvalue weighted by Gasteiger charge is -2.08. The van der Waals surface area contributed by atoms with Crippen molar-refractivity contribution in [3.05, 3.63) is 0 Å². The Labute approximate surface area is 43.2 Å². The average Bonchev–Trinajstić information content (AvgIpc) is 1.68. The van der Waals surface area contributed by atoms with Crippen LogP contribution >= 0.6 is 0 Å². The summed E-state index contributed by atoms with van der Waals surface area (Å²) in [4.78, 5) is 9.68. The second-order valence-corrected chi connectivity index (χ2v) is 1.73. The quantitative estimate of drug-likeness (QED) is 0.541. The summed E-state index contributed by atoms with van der Waals surface area (Å²) in [6.45, 7) is 3.16. The van der Waals surface area contributed by atoms with Crippen molar-refractivity contribution in [2.24, 2.45) is 0 Å². The van der Waals surface area contributed by atoms with Crippen molar-refractivity contribution < 1.29 is 9.90 Å². The lowest BCUT2D eigenvalue weighted by atomic mass is 10.1. The van der Waals surface area contributed by atoms with Crippen LogP contribution in [0.15, 0.2) is 0 Å². The molecule has 0 unspecified atom stereocenters. The second kappa shape index (κ2) is 2.07. The first-order valence-electron chi connectivity index (χ1n) is 2.24. The fourth-order valence-corrected chi connectivity index (χ4v) is 0.0722. The van der Waals surface area contributed by atoms with Crippen molar-refractivity contribution in [2.75, 3.05) is 0 Å². The van der Waals surface area contributed by atoms with Crippen LogP contribution in [0.2, 0.25) is 0 Å². The third kappa shape index (κ3) is 2.34. The van der Waals surface area contributed by atoms with Crippen LogP contribution in [0, 0.1) is 0 Å². The summed E-state index contributed by atoms with van der Waals surface area (Å²) < 4.78 is 0. The first-order chi connectivity index (χ1) is 3.12. The summed E-state index contributed by atoms with van der Waals surface area (Å²) >= 11 is 0. The molecule has 1 N–H and O–H groups in total. The molecule has 0 aliphatic heterocycles. The number of hydrogen-bond acceptors (Lipinski definition) is 2. The summed E-state index contributed by atoms with van der Waals surface area (Å²) in [6.07, 6.45) is 1.92. The third-order valence-corrected chi connectivity index (χ3v) is 0.908. The van der Waals surface area contributed by atoms with Crippen molar-refractivity contribution in [3.63, 3.8) is 0 Å². The molecule has 0 aromatic rings. The Morgan fingerprint density at radius 2 is 2.29 bits per heavy atom. The summed E-state index contributed by atoms with van der Waals surface area (Å²) in [5.74, 6) is 0. The lowest BCUT2D eigenvalue weighted by Crippen LogP contribution is -2.23. The van der Waals surface area contributed by atoms with Gasteiger partial charge in [-0.1, -0.05) is 6.92 Å². The molecule has 0 aromatic carbocycles. The average molecular weight is 101 g/mol. The zero-order valence-electron chi connectivity index (χ0n) is 4.56. The minimum absolute atomic E-state index is 0.427. The van der Waals surface area contributed by atoms with Crippen LogP contribution < -0.4 is 0 Å². The van der Waals surface area contributed by atoms with Crippen LogP contribution in [0.3, 0.4) is 0 Å². The summed E-state index contributed by atoms with van der Waals surface area (Å²) in [5.41, 5.74) is -1.22. The van der Waals surface area contributed by atoms with Gasteiger partial charge in [0.2, 0.25) is 6.29 Å². The maximum absolute atomic E-state index is 9.68.